The van der Waals surface area contributed by atoms with E-state index < -0.39 is 87.2 Å². The Morgan fingerprint density at radius 2 is 0.558 bits per heavy atom. The minimum absolute atomic E-state index is 0. The van der Waals surface area contributed by atoms with Crippen LogP contribution in [0.15, 0.2) is 89.5 Å². The zero-order chi connectivity index (χ0) is 38.4. The summed E-state index contributed by atoms with van der Waals surface area (Å²) < 4.78 is 110. The van der Waals surface area contributed by atoms with Gasteiger partial charge in [0.25, 0.3) is 17.3 Å². The van der Waals surface area contributed by atoms with Crippen molar-refractivity contribution < 1.29 is 83.6 Å². The predicted molar refractivity (Wildman–Crippen MR) is 152 cm³/mol. The molecular weight excluding hydrogens is 826 g/mol. The van der Waals surface area contributed by atoms with Gasteiger partial charge in [-0.05, 0) is 16.7 Å². The van der Waals surface area contributed by atoms with E-state index in [0.717, 1.165) is 0 Å². The van der Waals surface area contributed by atoms with E-state index in [-0.39, 0.29) is 59.2 Å². The molecule has 0 aromatic heterocycles. The van der Waals surface area contributed by atoms with Crippen molar-refractivity contribution in [2.24, 2.45) is 0 Å². The maximum absolute atomic E-state index is 12.2. The first-order valence-electron chi connectivity index (χ1n) is 13.5. The van der Waals surface area contributed by atoms with Gasteiger partial charge in [-0.25, -0.2) is 0 Å². The van der Waals surface area contributed by atoms with Crippen LogP contribution in [0.2, 0.25) is 0 Å². The molecule has 0 heterocycles. The maximum Gasteiger partial charge on any atom is 3.00 e. The van der Waals surface area contributed by atoms with Gasteiger partial charge < -0.3 is 15.3 Å². The van der Waals surface area contributed by atoms with Crippen molar-refractivity contribution in [1.82, 2.24) is 0 Å². The topological polar surface area (TPSA) is 172 Å². The number of ketones is 6. The molecule has 0 unspecified atom stereocenters. The molecule has 0 saturated carbocycles. The Morgan fingerprint density at radius 3 is 0.712 bits per heavy atom. The molecule has 3 aromatic rings. The molecule has 0 atom stereocenters. The average Bonchev–Trinajstić information content (AvgIpc) is 3.58. The summed E-state index contributed by atoms with van der Waals surface area (Å²) in [5.74, 6) is -14.1. The number of Topliss-reactive ketones (excluding diaryl/α,β-unsaturated/α-hetero) is 6. The zero-order valence-corrected chi connectivity index (χ0v) is 28.4. The van der Waals surface area contributed by atoms with Crippen molar-refractivity contribution in [2.75, 3.05) is 0 Å². The Morgan fingerprint density at radius 1 is 0.385 bits per heavy atom. The van der Waals surface area contributed by atoms with Gasteiger partial charge in [0.2, 0.25) is 0 Å². The van der Waals surface area contributed by atoms with Crippen LogP contribution in [0.3, 0.4) is 0 Å². The summed E-state index contributed by atoms with van der Waals surface area (Å²) in [6, 6.07) is 15.7. The fourth-order valence-electron chi connectivity index (χ4n) is 4.80. The molecule has 0 spiro atoms. The van der Waals surface area contributed by atoms with Crippen LogP contribution in [0, 0.1) is 0 Å². The fourth-order valence-corrected chi connectivity index (χ4v) is 4.80. The van der Waals surface area contributed by atoms with Gasteiger partial charge in [0.1, 0.15) is 0 Å². The van der Waals surface area contributed by atoms with E-state index in [4.69, 9.17) is 0 Å². The van der Waals surface area contributed by atoms with Crippen molar-refractivity contribution in [2.45, 2.75) is 18.5 Å². The normalized spacial score (nSPS) is 14.8. The second kappa shape index (κ2) is 14.6. The first kappa shape index (κ1) is 41.0. The summed E-state index contributed by atoms with van der Waals surface area (Å²) in [7, 11) is 0. The van der Waals surface area contributed by atoms with E-state index in [1.165, 1.54) is 72.8 Å². The molecule has 6 rings (SSSR count). The fraction of sp³-hybridized carbons (Fsp3) is 0.0909. The van der Waals surface area contributed by atoms with Crippen LogP contribution < -0.4 is 15.3 Å². The van der Waals surface area contributed by atoms with Gasteiger partial charge in [0.15, 0.2) is 17.3 Å². The van der Waals surface area contributed by atoms with Crippen LogP contribution in [0.4, 0.5) is 39.5 Å². The minimum Gasteiger partial charge on any atom is -0.871 e. The molecule has 3 aliphatic rings. The standard InChI is InChI=1S/3C11H5F3O3.In/c3*12-11(13,14)10(17)7-8(15)5-3-1-2-4-6(5)9(7)16;/h3*1-4,15H;/q;;;+3/p-3. The number of alkyl halides is 9. The second-order valence-corrected chi connectivity index (χ2v) is 10.2. The van der Waals surface area contributed by atoms with Crippen LogP contribution in [0.5, 0.6) is 0 Å². The molecule has 52 heavy (non-hydrogen) atoms. The number of hydrogen-bond acceptors (Lipinski definition) is 9. The van der Waals surface area contributed by atoms with Crippen molar-refractivity contribution in [3.8, 4) is 0 Å². The van der Waals surface area contributed by atoms with Crippen molar-refractivity contribution in [3.05, 3.63) is 123 Å². The van der Waals surface area contributed by atoms with Gasteiger partial charge in [0, 0.05) is 16.7 Å². The number of fused-ring (bicyclic) bond motifs is 3. The number of rotatable bonds is 3. The van der Waals surface area contributed by atoms with Gasteiger partial charge in [-0.2, -0.15) is 39.5 Å². The predicted octanol–water partition coefficient (Wildman–Crippen LogP) is 2.88. The quantitative estimate of drug-likeness (QED) is 0.284. The number of benzene rings is 3. The van der Waals surface area contributed by atoms with Gasteiger partial charge in [0.05, 0.1) is 16.7 Å². The Balaban J connectivity index is 0.000000208. The summed E-state index contributed by atoms with van der Waals surface area (Å²) in [6.45, 7) is 0. The molecule has 3 aliphatic carbocycles. The summed E-state index contributed by atoms with van der Waals surface area (Å²) in [5, 5.41) is 34.5. The maximum atomic E-state index is 12.2. The van der Waals surface area contributed by atoms with Gasteiger partial charge in [-0.1, -0.05) is 90.1 Å². The van der Waals surface area contributed by atoms with E-state index in [2.05, 4.69) is 0 Å². The number of carbonyl (C=O) groups excluding carboxylic acids is 6. The Labute approximate surface area is 302 Å². The molecule has 0 radical (unpaired) electrons. The number of allylic oxidation sites excluding steroid dienone is 3. The van der Waals surface area contributed by atoms with Crippen LogP contribution in [0.1, 0.15) is 47.8 Å². The second-order valence-electron chi connectivity index (χ2n) is 10.2. The molecule has 0 N–H and O–H groups in total. The van der Waals surface area contributed by atoms with Crippen molar-refractivity contribution in [1.29, 1.82) is 0 Å². The number of carbonyl (C=O) groups is 6. The monoisotopic (exact) mass is 838 g/mol. The van der Waals surface area contributed by atoms with Crippen molar-refractivity contribution in [3.63, 3.8) is 0 Å². The molecule has 9 nitrogen and oxygen atoms in total. The first-order chi connectivity index (χ1) is 23.5. The van der Waals surface area contributed by atoms with E-state index in [9.17, 15) is 83.6 Å². The smallest absolute Gasteiger partial charge is 0.871 e. The SMILES string of the molecule is O=C1C(C(=O)C(F)(F)F)=C([O-])c2ccccc21.O=C1C(C(=O)C(F)(F)F)=C([O-])c2ccccc21.O=C1C(C(=O)C(F)(F)F)=C([O-])c2ccccc21.[In+3]. The third kappa shape index (κ3) is 7.58. The molecule has 0 bridgehead atoms. The minimum atomic E-state index is -5.22. The molecule has 19 heteroatoms. The Kier molecular flexibility index (Phi) is 11.5. The molecule has 0 aliphatic heterocycles. The summed E-state index contributed by atoms with van der Waals surface area (Å²) in [6.07, 6.45) is -15.7. The Hall–Kier alpha value is -5.46. The van der Waals surface area contributed by atoms with Crippen LogP contribution >= 0.6 is 0 Å². The van der Waals surface area contributed by atoms with Crippen LogP contribution in [-0.4, -0.2) is 79.1 Å². The number of halogens is 9. The molecule has 0 fully saturated rings. The average molecular weight is 838 g/mol. The third-order valence-corrected chi connectivity index (χ3v) is 7.06. The zero-order valence-electron chi connectivity index (χ0n) is 25.1. The van der Waals surface area contributed by atoms with Crippen LogP contribution in [-0.2, 0) is 14.4 Å². The largest absolute Gasteiger partial charge is 3.00 e. The van der Waals surface area contributed by atoms with Gasteiger partial charge in [-0.15, -0.1) is 0 Å². The van der Waals surface area contributed by atoms with Gasteiger partial charge >= 0.3 is 44.4 Å². The first-order valence-corrected chi connectivity index (χ1v) is 13.5. The summed E-state index contributed by atoms with van der Waals surface area (Å²) in [5.41, 5.74) is -4.93. The Bertz CT molecular complexity index is 1910. The molecule has 0 saturated heterocycles. The summed E-state index contributed by atoms with van der Waals surface area (Å²) >= 11 is 0. The summed E-state index contributed by atoms with van der Waals surface area (Å²) in [4.78, 5) is 67.4. The molecule has 264 valence electrons. The van der Waals surface area contributed by atoms with E-state index in [1.54, 1.807) is 0 Å². The molecule has 0 amide bonds. The van der Waals surface area contributed by atoms with E-state index in [1.807, 2.05) is 0 Å². The molecule has 3 aromatic carbocycles. The van der Waals surface area contributed by atoms with Crippen LogP contribution in [0.25, 0.3) is 17.3 Å². The third-order valence-electron chi connectivity index (χ3n) is 7.06. The van der Waals surface area contributed by atoms with E-state index in [0.29, 0.717) is 0 Å². The molecular formula is C33H12F9InO9. The number of hydrogen-bond donors (Lipinski definition) is 0. The van der Waals surface area contributed by atoms with Crippen molar-refractivity contribution >= 4 is 77.8 Å². The van der Waals surface area contributed by atoms with Gasteiger partial charge in [-0.3, -0.25) is 28.8 Å². The van der Waals surface area contributed by atoms with E-state index >= 15 is 0 Å².